The van der Waals surface area contributed by atoms with E-state index in [-0.39, 0.29) is 11.4 Å². The third-order valence-electron chi connectivity index (χ3n) is 3.83. The lowest BCUT2D eigenvalue weighted by molar-refractivity contribution is -0.126. The van der Waals surface area contributed by atoms with Crippen LogP contribution >= 0.6 is 0 Å². The lowest BCUT2D eigenvalue weighted by atomic mass is 10.1. The second-order valence-corrected chi connectivity index (χ2v) is 6.62. The lowest BCUT2D eigenvalue weighted by Gasteiger charge is -2.24. The number of hydrogen-bond acceptors (Lipinski definition) is 2. The monoisotopic (exact) mass is 298 g/mol. The van der Waals surface area contributed by atoms with Crippen LogP contribution in [0.4, 0.5) is 0 Å². The molecule has 1 aliphatic heterocycles. The molecule has 0 N–H and O–H groups in total. The van der Waals surface area contributed by atoms with Gasteiger partial charge in [0.25, 0.3) is 0 Å². The van der Waals surface area contributed by atoms with Gasteiger partial charge in [0.1, 0.15) is 5.82 Å². The smallest absolute Gasteiger partial charge is 0.246 e. The Morgan fingerprint density at radius 3 is 2.50 bits per heavy atom. The Labute approximate surface area is 130 Å². The molecule has 0 bridgehead atoms. The van der Waals surface area contributed by atoms with Crippen LogP contribution in [0.15, 0.2) is 36.7 Å². The summed E-state index contributed by atoms with van der Waals surface area (Å²) >= 11 is 0. The van der Waals surface area contributed by atoms with E-state index < -0.39 is 0 Å². The van der Waals surface area contributed by atoms with E-state index in [9.17, 15) is 4.79 Å². The first kappa shape index (κ1) is 14.6. The molecule has 2 aromatic rings. The summed E-state index contributed by atoms with van der Waals surface area (Å²) in [7, 11) is 0. The fraction of sp³-hybridized carbons (Fsp3) is 0.412. The molecule has 0 fully saturated rings. The number of rotatable bonds is 2. The van der Waals surface area contributed by atoms with Crippen molar-refractivity contribution in [2.45, 2.75) is 46.3 Å². The van der Waals surface area contributed by atoms with Crippen molar-refractivity contribution in [3.63, 3.8) is 0 Å². The number of allylic oxidation sites excluding steroid dienone is 1. The quantitative estimate of drug-likeness (QED) is 0.800. The Morgan fingerprint density at radius 1 is 1.23 bits per heavy atom. The van der Waals surface area contributed by atoms with E-state index in [1.54, 1.807) is 12.2 Å². The predicted octanol–water partition coefficient (Wildman–Crippen LogP) is 2.85. The molecule has 0 unspecified atom stereocenters. The Morgan fingerprint density at radius 2 is 1.91 bits per heavy atom. The van der Waals surface area contributed by atoms with E-state index in [2.05, 4.69) is 30.0 Å². The van der Waals surface area contributed by atoms with Crippen LogP contribution in [0.2, 0.25) is 0 Å². The number of carbonyl (C=O) groups excluding carboxylic acids is 1. The number of hydrogen-bond donors (Lipinski definition) is 0. The first-order valence-electron chi connectivity index (χ1n) is 7.58. The van der Waals surface area contributed by atoms with Gasteiger partial charge in [-0.15, -0.1) is 0 Å². The molecule has 5 nitrogen and oxygen atoms in total. The standard InChI is InChI=1S/C17H22N4O/c1-5-8-15(22)20-11-13-14(12-20)18-21(17(2,3)4)16(13)19-9-6-7-10-19/h5-10H,11-12H2,1-4H3/b8-5+. The Kier molecular flexibility index (Phi) is 3.43. The van der Waals surface area contributed by atoms with E-state index in [4.69, 9.17) is 5.10 Å². The van der Waals surface area contributed by atoms with Gasteiger partial charge in [0.15, 0.2) is 0 Å². The maximum absolute atomic E-state index is 12.1. The fourth-order valence-electron chi connectivity index (χ4n) is 2.81. The average Bonchev–Trinajstić information content (AvgIpc) is 3.12. The van der Waals surface area contributed by atoms with E-state index in [0.717, 1.165) is 17.1 Å². The summed E-state index contributed by atoms with van der Waals surface area (Å²) in [6.07, 6.45) is 7.44. The van der Waals surface area contributed by atoms with Gasteiger partial charge >= 0.3 is 0 Å². The van der Waals surface area contributed by atoms with Crippen molar-refractivity contribution in [2.75, 3.05) is 0 Å². The number of carbonyl (C=O) groups is 1. The van der Waals surface area contributed by atoms with Crippen LogP contribution in [0.5, 0.6) is 0 Å². The minimum absolute atomic E-state index is 0.0428. The van der Waals surface area contributed by atoms with Gasteiger partial charge in [0.05, 0.1) is 24.3 Å². The molecule has 0 aromatic carbocycles. The van der Waals surface area contributed by atoms with Crippen molar-refractivity contribution in [1.82, 2.24) is 19.2 Å². The molecule has 3 heterocycles. The van der Waals surface area contributed by atoms with E-state index >= 15 is 0 Å². The lowest BCUT2D eigenvalue weighted by Crippen LogP contribution is -2.29. The highest BCUT2D eigenvalue weighted by Gasteiger charge is 2.32. The molecule has 0 atom stereocenters. The summed E-state index contributed by atoms with van der Waals surface area (Å²) in [5, 5.41) is 4.79. The predicted molar refractivity (Wildman–Crippen MR) is 85.6 cm³/mol. The van der Waals surface area contributed by atoms with Crippen LogP contribution in [0, 0.1) is 0 Å². The molecule has 1 amide bonds. The summed E-state index contributed by atoms with van der Waals surface area (Å²) in [4.78, 5) is 13.9. The fourth-order valence-corrected chi connectivity index (χ4v) is 2.81. The van der Waals surface area contributed by atoms with Gasteiger partial charge in [0.2, 0.25) is 5.91 Å². The van der Waals surface area contributed by atoms with Gasteiger partial charge < -0.3 is 9.47 Å². The minimum atomic E-state index is -0.109. The molecule has 0 aliphatic carbocycles. The molecule has 0 saturated heterocycles. The second kappa shape index (κ2) is 5.16. The Balaban J connectivity index is 2.05. The average molecular weight is 298 g/mol. The molecule has 0 spiro atoms. The molecule has 22 heavy (non-hydrogen) atoms. The zero-order chi connectivity index (χ0) is 15.9. The highest BCUT2D eigenvalue weighted by Crippen LogP contribution is 2.31. The van der Waals surface area contributed by atoms with E-state index in [1.807, 2.05) is 36.4 Å². The van der Waals surface area contributed by atoms with Crippen LogP contribution in [0.3, 0.4) is 0 Å². The summed E-state index contributed by atoms with van der Waals surface area (Å²) < 4.78 is 4.15. The Hall–Kier alpha value is -2.30. The number of fused-ring (bicyclic) bond motifs is 1. The molecule has 3 rings (SSSR count). The van der Waals surface area contributed by atoms with E-state index in [1.165, 1.54) is 0 Å². The zero-order valence-corrected chi connectivity index (χ0v) is 13.6. The first-order valence-corrected chi connectivity index (χ1v) is 7.58. The largest absolute Gasteiger partial charge is 0.329 e. The number of amides is 1. The van der Waals surface area contributed by atoms with Crippen LogP contribution in [-0.2, 0) is 23.4 Å². The van der Waals surface area contributed by atoms with Gasteiger partial charge in [-0.2, -0.15) is 5.10 Å². The molecule has 116 valence electrons. The van der Waals surface area contributed by atoms with Crippen molar-refractivity contribution in [2.24, 2.45) is 0 Å². The van der Waals surface area contributed by atoms with Crippen LogP contribution in [-0.4, -0.2) is 25.2 Å². The normalized spacial score (nSPS) is 14.8. The molecule has 0 saturated carbocycles. The van der Waals surface area contributed by atoms with Crippen molar-refractivity contribution in [3.8, 4) is 5.82 Å². The maximum Gasteiger partial charge on any atom is 0.246 e. The molecule has 2 aromatic heterocycles. The van der Waals surface area contributed by atoms with Crippen molar-refractivity contribution < 1.29 is 4.79 Å². The highest BCUT2D eigenvalue weighted by atomic mass is 16.2. The SMILES string of the molecule is C/C=C/C(=O)N1Cc2nn(C(C)(C)C)c(-n3cccc3)c2C1. The van der Waals surface area contributed by atoms with Gasteiger partial charge in [-0.1, -0.05) is 6.08 Å². The third-order valence-corrected chi connectivity index (χ3v) is 3.83. The van der Waals surface area contributed by atoms with Crippen molar-refractivity contribution in [3.05, 3.63) is 47.9 Å². The molecule has 0 radical (unpaired) electrons. The van der Waals surface area contributed by atoms with Crippen molar-refractivity contribution in [1.29, 1.82) is 0 Å². The summed E-state index contributed by atoms with van der Waals surface area (Å²) in [6.45, 7) is 9.48. The first-order chi connectivity index (χ1) is 10.4. The van der Waals surface area contributed by atoms with Crippen LogP contribution in [0.25, 0.3) is 5.82 Å². The zero-order valence-electron chi connectivity index (χ0n) is 13.6. The third kappa shape index (κ3) is 2.36. The van der Waals surface area contributed by atoms with Gasteiger partial charge in [-0.3, -0.25) is 4.79 Å². The van der Waals surface area contributed by atoms with Crippen LogP contribution < -0.4 is 0 Å². The summed E-state index contributed by atoms with van der Waals surface area (Å²) in [6, 6.07) is 4.01. The number of aromatic nitrogens is 3. The topological polar surface area (TPSA) is 43.1 Å². The molecular formula is C17H22N4O. The number of nitrogens with zero attached hydrogens (tertiary/aromatic N) is 4. The van der Waals surface area contributed by atoms with Gasteiger partial charge in [-0.25, -0.2) is 4.68 Å². The van der Waals surface area contributed by atoms with Crippen LogP contribution in [0.1, 0.15) is 39.0 Å². The summed E-state index contributed by atoms with van der Waals surface area (Å²) in [5.74, 6) is 1.10. The van der Waals surface area contributed by atoms with Gasteiger partial charge in [0, 0.05) is 18.0 Å². The second-order valence-electron chi connectivity index (χ2n) is 6.62. The highest BCUT2D eigenvalue weighted by molar-refractivity contribution is 5.88. The van der Waals surface area contributed by atoms with Crippen molar-refractivity contribution >= 4 is 5.91 Å². The molecule has 1 aliphatic rings. The van der Waals surface area contributed by atoms with E-state index in [0.29, 0.717) is 13.1 Å². The molecular weight excluding hydrogens is 276 g/mol. The Bertz CT molecular complexity index is 717. The molecule has 5 heteroatoms. The maximum atomic E-state index is 12.1. The van der Waals surface area contributed by atoms with Gasteiger partial charge in [-0.05, 0) is 45.9 Å². The minimum Gasteiger partial charge on any atom is -0.329 e. The summed E-state index contributed by atoms with van der Waals surface area (Å²) in [5.41, 5.74) is 2.03.